The van der Waals surface area contributed by atoms with Crippen molar-refractivity contribution in [3.8, 4) is 0 Å². The zero-order chi connectivity index (χ0) is 20.6. The number of carbonyl (C=O) groups excluding carboxylic acids is 1. The fourth-order valence-electron chi connectivity index (χ4n) is 3.94. The standard InChI is InChI=1S/C22H32N4O2/c1-14-13-26(21(27)28-22(4,5)6)16(3)10-20(14)25(7)17-8-9-18-19(11-17)24-15(2)12-23-18/h8-9,11-12,14,16,20H,10,13H2,1-7H3. The topological polar surface area (TPSA) is 58.6 Å². The molecule has 3 rings (SSSR count). The molecule has 6 heteroatoms. The van der Waals surface area contributed by atoms with Crippen LogP contribution in [0.15, 0.2) is 24.4 Å². The molecule has 0 radical (unpaired) electrons. The number of benzene rings is 1. The van der Waals surface area contributed by atoms with Crippen LogP contribution in [0.3, 0.4) is 0 Å². The second-order valence-electron chi connectivity index (χ2n) is 9.06. The molecule has 0 aliphatic carbocycles. The van der Waals surface area contributed by atoms with Gasteiger partial charge in [0, 0.05) is 37.6 Å². The van der Waals surface area contributed by atoms with E-state index in [1.165, 1.54) is 0 Å². The summed E-state index contributed by atoms with van der Waals surface area (Å²) in [6, 6.07) is 6.69. The van der Waals surface area contributed by atoms with E-state index in [4.69, 9.17) is 4.74 Å². The van der Waals surface area contributed by atoms with Crippen molar-refractivity contribution in [1.29, 1.82) is 0 Å². The number of hydrogen-bond acceptors (Lipinski definition) is 5. The zero-order valence-electron chi connectivity index (χ0n) is 18.1. The third-order valence-corrected chi connectivity index (χ3v) is 5.44. The van der Waals surface area contributed by atoms with Crippen molar-refractivity contribution in [1.82, 2.24) is 14.9 Å². The van der Waals surface area contributed by atoms with Crippen LogP contribution in [0.1, 0.15) is 46.7 Å². The number of anilines is 1. The minimum atomic E-state index is -0.474. The summed E-state index contributed by atoms with van der Waals surface area (Å²) >= 11 is 0. The minimum Gasteiger partial charge on any atom is -0.444 e. The lowest BCUT2D eigenvalue weighted by Gasteiger charge is -2.45. The van der Waals surface area contributed by atoms with E-state index in [2.05, 4.69) is 47.9 Å². The Morgan fingerprint density at radius 1 is 1.25 bits per heavy atom. The van der Waals surface area contributed by atoms with Gasteiger partial charge in [-0.05, 0) is 65.2 Å². The third-order valence-electron chi connectivity index (χ3n) is 5.44. The Morgan fingerprint density at radius 3 is 2.64 bits per heavy atom. The maximum absolute atomic E-state index is 12.6. The molecular weight excluding hydrogens is 352 g/mol. The first-order chi connectivity index (χ1) is 13.0. The van der Waals surface area contributed by atoms with Crippen LogP contribution in [0, 0.1) is 12.8 Å². The Hall–Kier alpha value is -2.37. The van der Waals surface area contributed by atoms with Gasteiger partial charge in [-0.1, -0.05) is 6.92 Å². The zero-order valence-corrected chi connectivity index (χ0v) is 18.1. The highest BCUT2D eigenvalue weighted by atomic mass is 16.6. The smallest absolute Gasteiger partial charge is 0.410 e. The Morgan fingerprint density at radius 2 is 1.96 bits per heavy atom. The van der Waals surface area contributed by atoms with Crippen molar-refractivity contribution in [2.45, 2.75) is 65.6 Å². The van der Waals surface area contributed by atoms with E-state index in [0.717, 1.165) is 28.8 Å². The summed E-state index contributed by atoms with van der Waals surface area (Å²) in [5, 5.41) is 0. The molecule has 0 saturated carbocycles. The number of piperidine rings is 1. The molecule has 0 spiro atoms. The maximum Gasteiger partial charge on any atom is 0.410 e. The third kappa shape index (κ3) is 4.37. The Kier molecular flexibility index (Phi) is 5.50. The van der Waals surface area contributed by atoms with Crippen LogP contribution in [-0.4, -0.2) is 52.2 Å². The van der Waals surface area contributed by atoms with Crippen LogP contribution in [0.4, 0.5) is 10.5 Å². The monoisotopic (exact) mass is 384 g/mol. The van der Waals surface area contributed by atoms with Crippen LogP contribution in [0.5, 0.6) is 0 Å². The van der Waals surface area contributed by atoms with Crippen LogP contribution >= 0.6 is 0 Å². The fourth-order valence-corrected chi connectivity index (χ4v) is 3.94. The van der Waals surface area contributed by atoms with Gasteiger partial charge in [0.15, 0.2) is 0 Å². The molecule has 0 bridgehead atoms. The summed E-state index contributed by atoms with van der Waals surface area (Å²) in [7, 11) is 2.13. The van der Waals surface area contributed by atoms with Gasteiger partial charge in [0.25, 0.3) is 0 Å². The van der Waals surface area contributed by atoms with Crippen molar-refractivity contribution >= 4 is 22.8 Å². The van der Waals surface area contributed by atoms with Gasteiger partial charge in [-0.3, -0.25) is 4.98 Å². The van der Waals surface area contributed by atoms with Gasteiger partial charge in [0.05, 0.1) is 16.7 Å². The molecule has 3 atom stereocenters. The summed E-state index contributed by atoms with van der Waals surface area (Å²) in [6.45, 7) is 12.7. The van der Waals surface area contributed by atoms with Crippen molar-refractivity contribution in [3.05, 3.63) is 30.1 Å². The number of aromatic nitrogens is 2. The first-order valence-electron chi connectivity index (χ1n) is 10.0. The Balaban J connectivity index is 1.76. The minimum absolute atomic E-state index is 0.126. The molecule has 1 aliphatic rings. The number of amides is 1. The van der Waals surface area contributed by atoms with E-state index in [9.17, 15) is 4.79 Å². The van der Waals surface area contributed by atoms with E-state index in [1.807, 2.05) is 38.7 Å². The van der Waals surface area contributed by atoms with Gasteiger partial charge in [-0.2, -0.15) is 0 Å². The summed E-state index contributed by atoms with van der Waals surface area (Å²) in [5.74, 6) is 0.327. The summed E-state index contributed by atoms with van der Waals surface area (Å²) in [4.78, 5) is 25.8. The van der Waals surface area contributed by atoms with Crippen molar-refractivity contribution in [2.24, 2.45) is 5.92 Å². The van der Waals surface area contributed by atoms with Gasteiger partial charge in [0.1, 0.15) is 5.60 Å². The molecule has 3 unspecified atom stereocenters. The highest BCUT2D eigenvalue weighted by Gasteiger charge is 2.37. The van der Waals surface area contributed by atoms with Gasteiger partial charge in [0.2, 0.25) is 0 Å². The molecule has 1 aliphatic heterocycles. The molecule has 1 fully saturated rings. The lowest BCUT2D eigenvalue weighted by atomic mass is 9.88. The summed E-state index contributed by atoms with van der Waals surface area (Å²) in [6.07, 6.45) is 2.47. The number of carbonyl (C=O) groups is 1. The Labute approximate surface area is 167 Å². The number of aryl methyl sites for hydroxylation is 1. The maximum atomic E-state index is 12.6. The highest BCUT2D eigenvalue weighted by molar-refractivity contribution is 5.79. The summed E-state index contributed by atoms with van der Waals surface area (Å²) in [5.41, 5.74) is 3.39. The average Bonchev–Trinajstić information content (AvgIpc) is 2.60. The van der Waals surface area contributed by atoms with Crippen molar-refractivity contribution in [2.75, 3.05) is 18.5 Å². The van der Waals surface area contributed by atoms with E-state index in [-0.39, 0.29) is 12.1 Å². The normalized spacial score (nSPS) is 23.0. The van der Waals surface area contributed by atoms with Gasteiger partial charge in [-0.25, -0.2) is 9.78 Å². The number of hydrogen-bond donors (Lipinski definition) is 0. The fraction of sp³-hybridized carbons (Fsp3) is 0.591. The van der Waals surface area contributed by atoms with Crippen LogP contribution < -0.4 is 4.90 Å². The molecule has 1 saturated heterocycles. The van der Waals surface area contributed by atoms with Crippen LogP contribution in [0.25, 0.3) is 11.0 Å². The lowest BCUT2D eigenvalue weighted by Crippen LogP contribution is -2.55. The first kappa shape index (κ1) is 20.4. The molecule has 6 nitrogen and oxygen atoms in total. The number of ether oxygens (including phenoxy) is 1. The second-order valence-corrected chi connectivity index (χ2v) is 9.06. The Bertz CT molecular complexity index is 861. The molecule has 2 aromatic rings. The molecule has 2 heterocycles. The molecule has 28 heavy (non-hydrogen) atoms. The largest absolute Gasteiger partial charge is 0.444 e. The number of rotatable bonds is 2. The van der Waals surface area contributed by atoms with Gasteiger partial charge < -0.3 is 14.5 Å². The molecule has 1 aromatic carbocycles. The van der Waals surface area contributed by atoms with Crippen molar-refractivity contribution < 1.29 is 9.53 Å². The molecule has 1 aromatic heterocycles. The second kappa shape index (κ2) is 7.57. The van der Waals surface area contributed by atoms with Gasteiger partial charge in [-0.15, -0.1) is 0 Å². The lowest BCUT2D eigenvalue weighted by molar-refractivity contribution is 0.00388. The molecule has 1 amide bonds. The first-order valence-corrected chi connectivity index (χ1v) is 10.0. The number of likely N-dealkylation sites (tertiary alicyclic amines) is 1. The van der Waals surface area contributed by atoms with Crippen molar-refractivity contribution in [3.63, 3.8) is 0 Å². The van der Waals surface area contributed by atoms with Gasteiger partial charge >= 0.3 is 6.09 Å². The molecule has 152 valence electrons. The highest BCUT2D eigenvalue weighted by Crippen LogP contribution is 2.31. The number of fused-ring (bicyclic) bond motifs is 1. The summed E-state index contributed by atoms with van der Waals surface area (Å²) < 4.78 is 5.59. The quantitative estimate of drug-likeness (QED) is 0.768. The molecule has 0 N–H and O–H groups in total. The van der Waals surface area contributed by atoms with E-state index >= 15 is 0 Å². The average molecular weight is 385 g/mol. The molecular formula is C22H32N4O2. The number of nitrogens with zero attached hydrogens (tertiary/aromatic N) is 4. The van der Waals surface area contributed by atoms with E-state index in [0.29, 0.717) is 18.5 Å². The van der Waals surface area contributed by atoms with E-state index in [1.54, 1.807) is 6.20 Å². The predicted octanol–water partition coefficient (Wildman–Crippen LogP) is 4.41. The van der Waals surface area contributed by atoms with Crippen LogP contribution in [-0.2, 0) is 4.74 Å². The van der Waals surface area contributed by atoms with Crippen LogP contribution in [0.2, 0.25) is 0 Å². The van der Waals surface area contributed by atoms with E-state index < -0.39 is 5.60 Å². The predicted molar refractivity (Wildman–Crippen MR) is 113 cm³/mol. The SMILES string of the molecule is Cc1cnc2ccc(N(C)C3CC(C)N(C(=O)OC(C)(C)C)CC3C)cc2n1.